The Kier molecular flexibility index (Phi) is 3.36. The number of Topliss-reactive ketones (excluding diaryl/α,β-unsaturated/α-hetero) is 1. The molecule has 2 heteroatoms. The van der Waals surface area contributed by atoms with E-state index in [1.807, 2.05) is 0 Å². The van der Waals surface area contributed by atoms with E-state index in [9.17, 15) is 4.79 Å². The van der Waals surface area contributed by atoms with Crippen LogP contribution in [0.3, 0.4) is 0 Å². The molecule has 0 amide bonds. The van der Waals surface area contributed by atoms with Crippen molar-refractivity contribution in [2.45, 2.75) is 46.6 Å². The summed E-state index contributed by atoms with van der Waals surface area (Å²) in [5, 5.41) is 0. The van der Waals surface area contributed by atoms with Crippen molar-refractivity contribution in [3.8, 4) is 0 Å². The Hall–Kier alpha value is -0.370. The maximum Gasteiger partial charge on any atom is 0.132 e. The minimum absolute atomic E-state index is 0.128. The Balaban J connectivity index is 2.78. The number of ether oxygens (including phenoxy) is 1. The van der Waals surface area contributed by atoms with Crippen LogP contribution in [0.2, 0.25) is 0 Å². The van der Waals surface area contributed by atoms with E-state index in [1.54, 1.807) is 14.0 Å². The fourth-order valence-electron chi connectivity index (χ4n) is 3.04. The predicted octanol–water partition coefficient (Wildman–Crippen LogP) is 2.66. The van der Waals surface area contributed by atoms with Crippen LogP contribution in [0, 0.1) is 17.3 Å². The van der Waals surface area contributed by atoms with Crippen LogP contribution in [0.15, 0.2) is 0 Å². The van der Waals surface area contributed by atoms with Gasteiger partial charge in [0, 0.05) is 13.0 Å². The van der Waals surface area contributed by atoms with Crippen molar-refractivity contribution in [3.05, 3.63) is 0 Å². The molecule has 1 rings (SSSR count). The second kappa shape index (κ2) is 4.01. The number of hydrogen-bond donors (Lipinski definition) is 0. The smallest absolute Gasteiger partial charge is 0.132 e. The first-order valence-corrected chi connectivity index (χ1v) is 5.41. The Morgan fingerprint density at radius 1 is 1.43 bits per heavy atom. The van der Waals surface area contributed by atoms with Gasteiger partial charge < -0.3 is 4.74 Å². The summed E-state index contributed by atoms with van der Waals surface area (Å²) in [4.78, 5) is 11.4. The number of rotatable bonds is 2. The molecule has 0 aromatic heterocycles. The van der Waals surface area contributed by atoms with Gasteiger partial charge in [-0.05, 0) is 31.1 Å². The molecular weight excluding hydrogens is 176 g/mol. The highest BCUT2D eigenvalue weighted by atomic mass is 16.5. The van der Waals surface area contributed by atoms with Crippen molar-refractivity contribution in [2.24, 2.45) is 17.3 Å². The lowest BCUT2D eigenvalue weighted by Gasteiger charge is -2.44. The highest BCUT2D eigenvalue weighted by Gasteiger charge is 2.42. The molecule has 1 aliphatic rings. The SMILES string of the molecule is COC1C(C)CC(C(C)=O)CC1(C)C. The van der Waals surface area contributed by atoms with E-state index in [-0.39, 0.29) is 17.4 Å². The van der Waals surface area contributed by atoms with Crippen LogP contribution >= 0.6 is 0 Å². The molecule has 0 bridgehead atoms. The normalized spacial score (nSPS) is 36.8. The van der Waals surface area contributed by atoms with E-state index in [0.29, 0.717) is 11.7 Å². The summed E-state index contributed by atoms with van der Waals surface area (Å²) in [6.07, 6.45) is 2.24. The van der Waals surface area contributed by atoms with E-state index in [2.05, 4.69) is 20.8 Å². The first-order chi connectivity index (χ1) is 6.38. The van der Waals surface area contributed by atoms with Gasteiger partial charge in [-0.25, -0.2) is 0 Å². The minimum atomic E-state index is 0.128. The van der Waals surface area contributed by atoms with Gasteiger partial charge in [-0.15, -0.1) is 0 Å². The van der Waals surface area contributed by atoms with Gasteiger partial charge in [0.1, 0.15) is 5.78 Å². The molecule has 2 nitrogen and oxygen atoms in total. The van der Waals surface area contributed by atoms with Crippen molar-refractivity contribution in [1.82, 2.24) is 0 Å². The summed E-state index contributed by atoms with van der Waals surface area (Å²) in [7, 11) is 1.77. The van der Waals surface area contributed by atoms with Crippen molar-refractivity contribution >= 4 is 5.78 Å². The molecule has 0 N–H and O–H groups in total. The summed E-state index contributed by atoms with van der Waals surface area (Å²) >= 11 is 0. The van der Waals surface area contributed by atoms with Crippen molar-refractivity contribution in [1.29, 1.82) is 0 Å². The third-order valence-corrected chi connectivity index (χ3v) is 3.54. The van der Waals surface area contributed by atoms with E-state index >= 15 is 0 Å². The maximum absolute atomic E-state index is 11.4. The molecule has 0 aromatic carbocycles. The maximum atomic E-state index is 11.4. The zero-order chi connectivity index (χ0) is 10.9. The zero-order valence-corrected chi connectivity index (χ0v) is 9.96. The second-order valence-corrected chi connectivity index (χ2v) is 5.37. The van der Waals surface area contributed by atoms with E-state index in [0.717, 1.165) is 12.8 Å². The van der Waals surface area contributed by atoms with Crippen LogP contribution < -0.4 is 0 Å². The van der Waals surface area contributed by atoms with Gasteiger partial charge in [0.15, 0.2) is 0 Å². The van der Waals surface area contributed by atoms with Crippen LogP contribution in [0.25, 0.3) is 0 Å². The van der Waals surface area contributed by atoms with Crippen LogP contribution in [-0.2, 0) is 9.53 Å². The Morgan fingerprint density at radius 3 is 2.36 bits per heavy atom. The molecule has 1 aliphatic carbocycles. The lowest BCUT2D eigenvalue weighted by atomic mass is 9.65. The van der Waals surface area contributed by atoms with Gasteiger partial charge in [-0.3, -0.25) is 4.79 Å². The summed E-state index contributed by atoms with van der Waals surface area (Å²) < 4.78 is 5.54. The van der Waals surface area contributed by atoms with Gasteiger partial charge in [0.2, 0.25) is 0 Å². The minimum Gasteiger partial charge on any atom is -0.381 e. The van der Waals surface area contributed by atoms with Gasteiger partial charge in [-0.2, -0.15) is 0 Å². The van der Waals surface area contributed by atoms with Gasteiger partial charge >= 0.3 is 0 Å². The molecule has 0 heterocycles. The number of carbonyl (C=O) groups is 1. The summed E-state index contributed by atoms with van der Waals surface area (Å²) in [6.45, 7) is 8.30. The topological polar surface area (TPSA) is 26.3 Å². The Morgan fingerprint density at radius 2 is 2.00 bits per heavy atom. The molecule has 0 radical (unpaired) electrons. The number of ketones is 1. The van der Waals surface area contributed by atoms with E-state index in [4.69, 9.17) is 4.74 Å². The first-order valence-electron chi connectivity index (χ1n) is 5.41. The molecule has 3 unspecified atom stereocenters. The molecule has 0 spiro atoms. The van der Waals surface area contributed by atoms with Gasteiger partial charge in [0.05, 0.1) is 6.10 Å². The molecule has 3 atom stereocenters. The van der Waals surface area contributed by atoms with Crippen molar-refractivity contribution in [3.63, 3.8) is 0 Å². The average Bonchev–Trinajstić information content (AvgIpc) is 2.01. The molecular formula is C12H22O2. The molecule has 14 heavy (non-hydrogen) atoms. The standard InChI is InChI=1S/C12H22O2/c1-8-6-10(9(2)13)7-12(3,4)11(8)14-5/h8,10-11H,6-7H2,1-5H3. The van der Waals surface area contributed by atoms with Crippen LogP contribution in [0.5, 0.6) is 0 Å². The average molecular weight is 198 g/mol. The van der Waals surface area contributed by atoms with Crippen molar-refractivity contribution < 1.29 is 9.53 Å². The monoisotopic (exact) mass is 198 g/mol. The van der Waals surface area contributed by atoms with Crippen molar-refractivity contribution in [2.75, 3.05) is 7.11 Å². The fourth-order valence-corrected chi connectivity index (χ4v) is 3.04. The molecule has 0 aromatic rings. The number of hydrogen-bond acceptors (Lipinski definition) is 2. The molecule has 0 aliphatic heterocycles. The quantitative estimate of drug-likeness (QED) is 0.682. The fraction of sp³-hybridized carbons (Fsp3) is 0.917. The third-order valence-electron chi connectivity index (χ3n) is 3.54. The van der Waals surface area contributed by atoms with Crippen LogP contribution in [0.1, 0.15) is 40.5 Å². The lowest BCUT2D eigenvalue weighted by Crippen LogP contribution is -2.44. The Bertz CT molecular complexity index is 220. The zero-order valence-electron chi connectivity index (χ0n) is 9.96. The number of methoxy groups -OCH3 is 1. The van der Waals surface area contributed by atoms with E-state index in [1.165, 1.54) is 0 Å². The summed E-state index contributed by atoms with van der Waals surface area (Å²) in [6, 6.07) is 0. The Labute approximate surface area is 87.0 Å². The molecule has 0 saturated heterocycles. The third kappa shape index (κ3) is 2.17. The van der Waals surface area contributed by atoms with Gasteiger partial charge in [0.25, 0.3) is 0 Å². The summed E-state index contributed by atoms with van der Waals surface area (Å²) in [5.41, 5.74) is 0.128. The highest BCUT2D eigenvalue weighted by molar-refractivity contribution is 5.78. The van der Waals surface area contributed by atoms with Gasteiger partial charge in [-0.1, -0.05) is 20.8 Å². The van der Waals surface area contributed by atoms with E-state index < -0.39 is 0 Å². The van der Waals surface area contributed by atoms with Crippen LogP contribution in [0.4, 0.5) is 0 Å². The lowest BCUT2D eigenvalue weighted by molar-refractivity contribution is -0.129. The molecule has 1 saturated carbocycles. The second-order valence-electron chi connectivity index (χ2n) is 5.37. The summed E-state index contributed by atoms with van der Waals surface area (Å²) in [5.74, 6) is 1.06. The van der Waals surface area contributed by atoms with Crippen LogP contribution in [-0.4, -0.2) is 19.0 Å². The predicted molar refractivity (Wildman–Crippen MR) is 57.1 cm³/mol. The number of carbonyl (C=O) groups excluding carboxylic acids is 1. The highest BCUT2D eigenvalue weighted by Crippen LogP contribution is 2.43. The first kappa shape index (κ1) is 11.7. The largest absolute Gasteiger partial charge is 0.381 e. The molecule has 1 fully saturated rings. The molecule has 82 valence electrons.